The Kier molecular flexibility index (Phi) is 3.75. The zero-order chi connectivity index (χ0) is 14.4. The van der Waals surface area contributed by atoms with Gasteiger partial charge in [-0.15, -0.1) is 0 Å². The van der Waals surface area contributed by atoms with Gasteiger partial charge in [-0.25, -0.2) is 0 Å². The van der Waals surface area contributed by atoms with Crippen molar-refractivity contribution in [2.45, 2.75) is 44.4 Å². The Morgan fingerprint density at radius 2 is 1.53 bits per heavy atom. The lowest BCUT2D eigenvalue weighted by atomic mass is 10.2. The van der Waals surface area contributed by atoms with Crippen LogP contribution in [0.2, 0.25) is 44.3 Å². The molecule has 1 aromatic carbocycles. The molecule has 4 heteroatoms. The Morgan fingerprint density at radius 3 is 2.05 bits per heavy atom. The van der Waals surface area contributed by atoms with Crippen molar-refractivity contribution in [3.8, 4) is 0 Å². The van der Waals surface area contributed by atoms with E-state index in [0.717, 1.165) is 10.2 Å². The van der Waals surface area contributed by atoms with Crippen molar-refractivity contribution in [3.05, 3.63) is 35.0 Å². The maximum atomic E-state index is 6.09. The van der Waals surface area contributed by atoms with Gasteiger partial charge < -0.3 is 4.98 Å². The summed E-state index contributed by atoms with van der Waals surface area (Å²) in [6.07, 6.45) is 0. The molecular formula is C15H24ClNSi2. The number of halogens is 1. The van der Waals surface area contributed by atoms with Gasteiger partial charge in [-0.05, 0) is 29.4 Å². The number of fused-ring (bicyclic) bond motifs is 1. The van der Waals surface area contributed by atoms with Gasteiger partial charge in [-0.2, -0.15) is 0 Å². The molecule has 2 rings (SSSR count). The lowest BCUT2D eigenvalue weighted by Gasteiger charge is -2.37. The van der Waals surface area contributed by atoms with Gasteiger partial charge in [0.1, 0.15) is 0 Å². The molecule has 0 bridgehead atoms. The molecule has 2 aromatic rings. The summed E-state index contributed by atoms with van der Waals surface area (Å²) in [6.45, 7) is 14.9. The number of benzene rings is 1. The van der Waals surface area contributed by atoms with Crippen LogP contribution in [-0.4, -0.2) is 21.1 Å². The van der Waals surface area contributed by atoms with Gasteiger partial charge >= 0.3 is 0 Å². The molecule has 0 amide bonds. The SMILES string of the molecule is C[Si](C)(C)C(c1cc2cc(Cl)ccc2[nH]1)[Si](C)(C)C. The fourth-order valence-corrected chi connectivity index (χ4v) is 16.3. The minimum atomic E-state index is -1.24. The van der Waals surface area contributed by atoms with Crippen LogP contribution in [0, 0.1) is 0 Å². The summed E-state index contributed by atoms with van der Waals surface area (Å²) < 4.78 is 0. The molecule has 1 aromatic heterocycles. The lowest BCUT2D eigenvalue weighted by molar-refractivity contribution is 1.11. The number of rotatable bonds is 3. The highest BCUT2D eigenvalue weighted by atomic mass is 35.5. The Balaban J connectivity index is 2.57. The summed E-state index contributed by atoms with van der Waals surface area (Å²) >= 11 is 6.09. The predicted octanol–water partition coefficient (Wildman–Crippen LogP) is 5.66. The van der Waals surface area contributed by atoms with Gasteiger partial charge in [0, 0.05) is 21.6 Å². The van der Waals surface area contributed by atoms with Crippen molar-refractivity contribution >= 4 is 38.7 Å². The van der Waals surface area contributed by atoms with Gasteiger partial charge in [-0.3, -0.25) is 0 Å². The van der Waals surface area contributed by atoms with Crippen molar-refractivity contribution in [2.24, 2.45) is 0 Å². The van der Waals surface area contributed by atoms with E-state index >= 15 is 0 Å². The van der Waals surface area contributed by atoms with Crippen LogP contribution in [0.1, 0.15) is 10.9 Å². The summed E-state index contributed by atoms with van der Waals surface area (Å²) in [5.41, 5.74) is 2.64. The smallest absolute Gasteiger partial charge is 0.0512 e. The highest BCUT2D eigenvalue weighted by Gasteiger charge is 2.39. The molecule has 1 heterocycles. The molecular weight excluding hydrogens is 286 g/mol. The Bertz CT molecular complexity index is 576. The van der Waals surface area contributed by atoms with Crippen LogP contribution in [0.25, 0.3) is 10.9 Å². The molecule has 0 aliphatic heterocycles. The number of hydrogen-bond acceptors (Lipinski definition) is 0. The highest BCUT2D eigenvalue weighted by Crippen LogP contribution is 2.36. The molecule has 0 spiro atoms. The van der Waals surface area contributed by atoms with Crippen molar-refractivity contribution in [2.75, 3.05) is 0 Å². The van der Waals surface area contributed by atoms with E-state index in [1.54, 1.807) is 0 Å². The summed E-state index contributed by atoms with van der Waals surface area (Å²) in [6, 6.07) is 8.43. The van der Waals surface area contributed by atoms with Gasteiger partial charge in [0.25, 0.3) is 0 Å². The number of hydrogen-bond donors (Lipinski definition) is 1. The Labute approximate surface area is 123 Å². The van der Waals surface area contributed by atoms with Crippen LogP contribution in [0.15, 0.2) is 24.3 Å². The third-order valence-corrected chi connectivity index (χ3v) is 13.2. The molecule has 0 radical (unpaired) electrons. The van der Waals surface area contributed by atoms with E-state index in [2.05, 4.69) is 62.5 Å². The number of H-pyrrole nitrogens is 1. The Morgan fingerprint density at radius 1 is 0.947 bits per heavy atom. The topological polar surface area (TPSA) is 15.8 Å². The fourth-order valence-electron chi connectivity index (χ4n) is 3.51. The molecule has 0 saturated heterocycles. The van der Waals surface area contributed by atoms with E-state index < -0.39 is 16.1 Å². The first-order chi connectivity index (χ1) is 8.59. The first-order valence-electron chi connectivity index (χ1n) is 6.87. The summed E-state index contributed by atoms with van der Waals surface area (Å²) in [4.78, 5) is 3.65. The fraction of sp³-hybridized carbons (Fsp3) is 0.467. The van der Waals surface area contributed by atoms with E-state index in [1.165, 1.54) is 16.6 Å². The second-order valence-electron chi connectivity index (χ2n) is 7.62. The van der Waals surface area contributed by atoms with E-state index in [-0.39, 0.29) is 0 Å². The predicted molar refractivity (Wildman–Crippen MR) is 92.7 cm³/mol. The second-order valence-corrected chi connectivity index (χ2v) is 19.3. The summed E-state index contributed by atoms with van der Waals surface area (Å²) in [5, 5.41) is 2.80. The summed E-state index contributed by atoms with van der Waals surface area (Å²) in [5.74, 6) is 0. The van der Waals surface area contributed by atoms with Crippen molar-refractivity contribution < 1.29 is 0 Å². The molecule has 0 aliphatic carbocycles. The first-order valence-corrected chi connectivity index (χ1v) is 14.4. The van der Waals surface area contributed by atoms with Crippen molar-refractivity contribution in [1.82, 2.24) is 4.98 Å². The van der Waals surface area contributed by atoms with E-state index in [0.29, 0.717) is 0 Å². The second kappa shape index (κ2) is 4.79. The zero-order valence-corrected chi connectivity index (χ0v) is 15.5. The number of aromatic nitrogens is 1. The van der Waals surface area contributed by atoms with E-state index in [4.69, 9.17) is 11.6 Å². The largest absolute Gasteiger partial charge is 0.359 e. The van der Waals surface area contributed by atoms with Crippen LogP contribution < -0.4 is 0 Å². The van der Waals surface area contributed by atoms with E-state index in [1.807, 2.05) is 6.07 Å². The minimum absolute atomic E-state index is 0.742. The number of aromatic amines is 1. The van der Waals surface area contributed by atoms with Gasteiger partial charge in [0.05, 0.1) is 16.1 Å². The molecule has 0 unspecified atom stereocenters. The molecule has 0 fully saturated rings. The van der Waals surface area contributed by atoms with Crippen LogP contribution in [0.3, 0.4) is 0 Å². The van der Waals surface area contributed by atoms with Gasteiger partial charge in [-0.1, -0.05) is 50.9 Å². The quantitative estimate of drug-likeness (QED) is 0.704. The van der Waals surface area contributed by atoms with Crippen LogP contribution in [-0.2, 0) is 0 Å². The maximum absolute atomic E-state index is 6.09. The van der Waals surface area contributed by atoms with Crippen LogP contribution in [0.4, 0.5) is 0 Å². The van der Waals surface area contributed by atoms with Gasteiger partial charge in [0.15, 0.2) is 0 Å². The van der Waals surface area contributed by atoms with Crippen LogP contribution in [0.5, 0.6) is 0 Å². The molecule has 1 nitrogen and oxygen atoms in total. The normalized spacial score (nSPS) is 13.5. The number of nitrogens with one attached hydrogen (secondary N) is 1. The third-order valence-electron chi connectivity index (χ3n) is 3.65. The molecule has 0 atom stereocenters. The maximum Gasteiger partial charge on any atom is 0.0512 e. The van der Waals surface area contributed by atoms with E-state index in [9.17, 15) is 0 Å². The molecule has 1 N–H and O–H groups in total. The standard InChI is InChI=1S/C15H24ClNSi2/c1-18(2,3)15(19(4,5)6)14-10-11-9-12(16)7-8-13(11)17-14/h7-10,15,17H,1-6H3. The highest BCUT2D eigenvalue weighted by molar-refractivity contribution is 6.96. The van der Waals surface area contributed by atoms with Crippen molar-refractivity contribution in [3.63, 3.8) is 0 Å². The van der Waals surface area contributed by atoms with Crippen LogP contribution >= 0.6 is 11.6 Å². The van der Waals surface area contributed by atoms with Crippen molar-refractivity contribution in [1.29, 1.82) is 0 Å². The molecule has 19 heavy (non-hydrogen) atoms. The summed E-state index contributed by atoms with van der Waals surface area (Å²) in [7, 11) is -2.48. The molecule has 0 aliphatic rings. The zero-order valence-electron chi connectivity index (χ0n) is 12.8. The lowest BCUT2D eigenvalue weighted by Crippen LogP contribution is -2.46. The molecule has 104 valence electrons. The third kappa shape index (κ3) is 3.15. The molecule has 0 saturated carbocycles. The first kappa shape index (κ1) is 14.9. The Hall–Kier alpha value is -0.516. The monoisotopic (exact) mass is 309 g/mol. The average molecular weight is 310 g/mol. The average Bonchev–Trinajstić information content (AvgIpc) is 2.54. The minimum Gasteiger partial charge on any atom is -0.359 e. The van der Waals surface area contributed by atoms with Gasteiger partial charge in [0.2, 0.25) is 0 Å².